The zero-order valence-corrected chi connectivity index (χ0v) is 19.9. The molecular weight excluding hydrogens is 460 g/mol. The lowest BCUT2D eigenvalue weighted by atomic mass is 9.65. The van der Waals surface area contributed by atoms with E-state index in [1.807, 2.05) is 47.4 Å². The van der Waals surface area contributed by atoms with Crippen LogP contribution >= 0.6 is 11.3 Å². The Balaban J connectivity index is 1.24. The number of anilines is 1. The Bertz CT molecular complexity index is 1440. The quantitative estimate of drug-likeness (QED) is 0.420. The number of benzene rings is 1. The van der Waals surface area contributed by atoms with Crippen molar-refractivity contribution in [1.82, 2.24) is 24.6 Å². The molecular formula is C26H24N6O2S. The molecule has 0 unspecified atom stereocenters. The number of hydrogen-bond donors (Lipinski definition) is 1. The van der Waals surface area contributed by atoms with Crippen LogP contribution in [0.5, 0.6) is 0 Å². The molecule has 0 atom stereocenters. The van der Waals surface area contributed by atoms with Gasteiger partial charge >= 0.3 is 0 Å². The molecule has 1 spiro atoms. The monoisotopic (exact) mass is 484 g/mol. The lowest BCUT2D eigenvalue weighted by Gasteiger charge is -2.46. The first-order valence-electron chi connectivity index (χ1n) is 11.6. The topological polar surface area (TPSA) is 93.0 Å². The fourth-order valence-electron chi connectivity index (χ4n) is 5.40. The highest BCUT2D eigenvalue weighted by Gasteiger charge is 2.50. The molecule has 9 heteroatoms. The van der Waals surface area contributed by atoms with Crippen molar-refractivity contribution in [3.8, 4) is 10.6 Å². The van der Waals surface area contributed by atoms with E-state index < -0.39 is 0 Å². The zero-order chi connectivity index (χ0) is 24.0. The van der Waals surface area contributed by atoms with E-state index in [9.17, 15) is 9.59 Å². The molecule has 1 saturated heterocycles. The highest BCUT2D eigenvalue weighted by molar-refractivity contribution is 7.17. The molecule has 2 fully saturated rings. The van der Waals surface area contributed by atoms with Crippen molar-refractivity contribution < 1.29 is 9.59 Å². The van der Waals surface area contributed by atoms with Gasteiger partial charge in [-0.25, -0.2) is 4.98 Å². The molecule has 1 aliphatic carbocycles. The molecule has 4 heterocycles. The van der Waals surface area contributed by atoms with Crippen molar-refractivity contribution in [2.24, 2.45) is 5.41 Å². The van der Waals surface area contributed by atoms with E-state index in [-0.39, 0.29) is 23.3 Å². The number of nitrogens with zero attached hydrogens (tertiary/aromatic N) is 5. The van der Waals surface area contributed by atoms with Crippen LogP contribution in [0, 0.1) is 5.41 Å². The number of para-hydroxylation sites is 2. The third kappa shape index (κ3) is 3.81. The summed E-state index contributed by atoms with van der Waals surface area (Å²) in [4.78, 5) is 33.4. The van der Waals surface area contributed by atoms with Crippen molar-refractivity contribution in [2.45, 2.75) is 25.3 Å². The molecule has 2 amide bonds. The first kappa shape index (κ1) is 21.7. The van der Waals surface area contributed by atoms with Gasteiger partial charge in [0.2, 0.25) is 11.9 Å². The van der Waals surface area contributed by atoms with Gasteiger partial charge in [-0.3, -0.25) is 14.9 Å². The van der Waals surface area contributed by atoms with Crippen molar-refractivity contribution in [3.05, 3.63) is 72.3 Å². The average molecular weight is 485 g/mol. The van der Waals surface area contributed by atoms with Crippen LogP contribution in [-0.2, 0) is 4.79 Å². The summed E-state index contributed by atoms with van der Waals surface area (Å²) in [5, 5.41) is 11.1. The second-order valence-corrected chi connectivity index (χ2v) is 10.4. The molecule has 1 aromatic carbocycles. The molecule has 1 aliphatic heterocycles. The van der Waals surface area contributed by atoms with Crippen LogP contribution in [-0.4, -0.2) is 49.6 Å². The number of thiophene rings is 1. The van der Waals surface area contributed by atoms with Crippen LogP contribution in [0.1, 0.15) is 35.0 Å². The SMILES string of the molecule is C=CC(=O)N1CCC2(CC(n3c(NC(=O)c4ccc(-c5cccnn5)s4)nc4ccccc43)C2)C1. The molecule has 6 rings (SSSR count). The molecule has 35 heavy (non-hydrogen) atoms. The summed E-state index contributed by atoms with van der Waals surface area (Å²) < 4.78 is 2.16. The molecule has 1 N–H and O–H groups in total. The maximum atomic E-state index is 13.2. The summed E-state index contributed by atoms with van der Waals surface area (Å²) in [6.45, 7) is 5.16. The summed E-state index contributed by atoms with van der Waals surface area (Å²) in [6.07, 6.45) is 5.92. The Morgan fingerprint density at radius 3 is 2.80 bits per heavy atom. The normalized spacial score (nSPS) is 21.3. The predicted octanol–water partition coefficient (Wildman–Crippen LogP) is 4.55. The number of carbonyl (C=O) groups excluding carboxylic acids is 2. The number of imidazole rings is 1. The molecule has 2 aliphatic rings. The summed E-state index contributed by atoms with van der Waals surface area (Å²) in [5.74, 6) is 0.366. The summed E-state index contributed by atoms with van der Waals surface area (Å²) in [5.41, 5.74) is 2.73. The number of nitrogens with one attached hydrogen (secondary N) is 1. The molecule has 4 aromatic rings. The van der Waals surface area contributed by atoms with Crippen LogP contribution in [0.2, 0.25) is 0 Å². The van der Waals surface area contributed by atoms with Gasteiger partial charge in [-0.2, -0.15) is 5.10 Å². The van der Waals surface area contributed by atoms with Crippen LogP contribution in [0.15, 0.2) is 67.4 Å². The van der Waals surface area contributed by atoms with Gasteiger partial charge in [0, 0.05) is 25.3 Å². The number of fused-ring (bicyclic) bond motifs is 1. The minimum Gasteiger partial charge on any atom is -0.339 e. The Morgan fingerprint density at radius 2 is 2.00 bits per heavy atom. The third-order valence-corrected chi connectivity index (χ3v) is 8.21. The molecule has 0 bridgehead atoms. The lowest BCUT2D eigenvalue weighted by molar-refractivity contribution is -0.125. The molecule has 3 aromatic heterocycles. The maximum Gasteiger partial charge on any atom is 0.268 e. The average Bonchev–Trinajstić information content (AvgIpc) is 3.60. The van der Waals surface area contributed by atoms with Gasteiger partial charge < -0.3 is 9.47 Å². The lowest BCUT2D eigenvalue weighted by Crippen LogP contribution is -2.42. The van der Waals surface area contributed by atoms with Crippen LogP contribution in [0.3, 0.4) is 0 Å². The highest BCUT2D eigenvalue weighted by atomic mass is 32.1. The van der Waals surface area contributed by atoms with E-state index in [4.69, 9.17) is 4.98 Å². The first-order valence-corrected chi connectivity index (χ1v) is 12.4. The Hall–Kier alpha value is -3.85. The number of carbonyl (C=O) groups is 2. The molecule has 8 nitrogen and oxygen atoms in total. The van der Waals surface area contributed by atoms with Crippen LogP contribution in [0.25, 0.3) is 21.6 Å². The summed E-state index contributed by atoms with van der Waals surface area (Å²) in [7, 11) is 0. The third-order valence-electron chi connectivity index (χ3n) is 7.10. The number of likely N-dealkylation sites (tertiary alicyclic amines) is 1. The van der Waals surface area contributed by atoms with E-state index in [0.29, 0.717) is 10.8 Å². The second kappa shape index (κ2) is 8.42. The molecule has 176 valence electrons. The molecule has 0 radical (unpaired) electrons. The van der Waals surface area contributed by atoms with Gasteiger partial charge in [0.25, 0.3) is 5.91 Å². The fraction of sp³-hybridized carbons (Fsp3) is 0.269. The fourth-order valence-corrected chi connectivity index (χ4v) is 6.27. The van der Waals surface area contributed by atoms with E-state index in [0.717, 1.165) is 54.0 Å². The van der Waals surface area contributed by atoms with E-state index in [1.54, 1.807) is 12.3 Å². The van der Waals surface area contributed by atoms with Crippen molar-refractivity contribution in [2.75, 3.05) is 18.4 Å². The van der Waals surface area contributed by atoms with Crippen molar-refractivity contribution >= 4 is 40.1 Å². The van der Waals surface area contributed by atoms with Crippen LogP contribution in [0.4, 0.5) is 5.95 Å². The van der Waals surface area contributed by atoms with Crippen LogP contribution < -0.4 is 5.32 Å². The minimum atomic E-state index is -0.195. The van der Waals surface area contributed by atoms with Gasteiger partial charge in [-0.1, -0.05) is 18.7 Å². The minimum absolute atomic E-state index is 0.00293. The number of hydrogen-bond acceptors (Lipinski definition) is 6. The summed E-state index contributed by atoms with van der Waals surface area (Å²) in [6, 6.07) is 15.6. The van der Waals surface area contributed by atoms with Crippen molar-refractivity contribution in [1.29, 1.82) is 0 Å². The number of rotatable bonds is 5. The smallest absolute Gasteiger partial charge is 0.268 e. The van der Waals surface area contributed by atoms with Gasteiger partial charge in [0.1, 0.15) is 5.69 Å². The van der Waals surface area contributed by atoms with Gasteiger partial charge in [0.15, 0.2) is 0 Å². The molecule has 1 saturated carbocycles. The Kier molecular flexibility index (Phi) is 5.21. The van der Waals surface area contributed by atoms with Gasteiger partial charge in [0.05, 0.1) is 20.8 Å². The van der Waals surface area contributed by atoms with Gasteiger partial charge in [-0.05, 0) is 67.2 Å². The Morgan fingerprint density at radius 1 is 1.14 bits per heavy atom. The zero-order valence-electron chi connectivity index (χ0n) is 19.1. The standard InChI is InChI=1S/C26H24N6O2S/c1-2-23(33)31-13-11-26(16-31)14-17(15-26)32-20-8-4-3-6-18(20)28-25(32)29-24(34)22-10-9-21(35-22)19-7-5-12-27-30-19/h2-10,12,17H,1,11,13-16H2,(H,28,29,34). The van der Waals surface area contributed by atoms with E-state index in [1.165, 1.54) is 17.4 Å². The van der Waals surface area contributed by atoms with Gasteiger partial charge in [-0.15, -0.1) is 16.4 Å². The number of aromatic nitrogens is 4. The summed E-state index contributed by atoms with van der Waals surface area (Å²) >= 11 is 1.38. The predicted molar refractivity (Wildman–Crippen MR) is 135 cm³/mol. The highest BCUT2D eigenvalue weighted by Crippen LogP contribution is 2.55. The first-order chi connectivity index (χ1) is 17.0. The van der Waals surface area contributed by atoms with E-state index >= 15 is 0 Å². The number of amides is 2. The Labute approximate surface area is 206 Å². The van der Waals surface area contributed by atoms with Crippen molar-refractivity contribution in [3.63, 3.8) is 0 Å². The largest absolute Gasteiger partial charge is 0.339 e. The van der Waals surface area contributed by atoms with E-state index in [2.05, 4.69) is 26.7 Å². The second-order valence-electron chi connectivity index (χ2n) is 9.30. The maximum absolute atomic E-state index is 13.2.